The summed E-state index contributed by atoms with van der Waals surface area (Å²) in [5.74, 6) is 0.106. The van der Waals surface area contributed by atoms with Crippen LogP contribution in [0.25, 0.3) is 0 Å². The van der Waals surface area contributed by atoms with Gasteiger partial charge < -0.3 is 10.2 Å². The summed E-state index contributed by atoms with van der Waals surface area (Å²) in [4.78, 5) is 22.7. The summed E-state index contributed by atoms with van der Waals surface area (Å²) in [6.45, 7) is 1.86. The number of nitrogens with one attached hydrogen (secondary N) is 1. The zero-order valence-electron chi connectivity index (χ0n) is 14.1. The number of rotatable bonds is 5. The number of anilines is 2. The third kappa shape index (κ3) is 5.26. The topological polar surface area (TPSA) is 58.1 Å². The van der Waals surface area contributed by atoms with Crippen LogP contribution < -0.4 is 10.2 Å². The van der Waals surface area contributed by atoms with Crippen LogP contribution in [0.4, 0.5) is 24.7 Å². The molecule has 0 aliphatic carbocycles. The van der Waals surface area contributed by atoms with E-state index in [0.29, 0.717) is 5.16 Å². The van der Waals surface area contributed by atoms with E-state index in [9.17, 15) is 18.0 Å². The molecule has 144 valence electrons. The summed E-state index contributed by atoms with van der Waals surface area (Å²) in [7, 11) is 0. The molecule has 1 amide bonds. The van der Waals surface area contributed by atoms with Gasteiger partial charge in [-0.05, 0) is 37.1 Å². The van der Waals surface area contributed by atoms with Gasteiger partial charge >= 0.3 is 6.18 Å². The van der Waals surface area contributed by atoms with Crippen molar-refractivity contribution in [3.63, 3.8) is 0 Å². The lowest BCUT2D eigenvalue weighted by atomic mass is 10.1. The Bertz CT molecular complexity index is 828. The minimum Gasteiger partial charge on any atom is -0.356 e. The highest BCUT2D eigenvalue weighted by molar-refractivity contribution is 7.99. The molecule has 0 radical (unpaired) electrons. The van der Waals surface area contributed by atoms with E-state index in [0.717, 1.165) is 55.6 Å². The molecule has 1 aromatic carbocycles. The molecule has 0 saturated carbocycles. The van der Waals surface area contributed by atoms with E-state index < -0.39 is 17.6 Å². The Morgan fingerprint density at radius 1 is 1.26 bits per heavy atom. The van der Waals surface area contributed by atoms with Crippen molar-refractivity contribution in [1.82, 2.24) is 9.97 Å². The Labute approximate surface area is 163 Å². The Hall–Kier alpha value is -2.00. The minimum absolute atomic E-state index is 0.0539. The zero-order chi connectivity index (χ0) is 19.4. The summed E-state index contributed by atoms with van der Waals surface area (Å²) in [6, 6.07) is 5.02. The summed E-state index contributed by atoms with van der Waals surface area (Å²) in [5, 5.41) is 2.63. The van der Waals surface area contributed by atoms with E-state index in [2.05, 4.69) is 20.2 Å². The monoisotopic (exact) mass is 416 g/mol. The fourth-order valence-corrected chi connectivity index (χ4v) is 3.50. The number of thioether (sulfide) groups is 1. The van der Waals surface area contributed by atoms with Crippen molar-refractivity contribution in [2.24, 2.45) is 0 Å². The fourth-order valence-electron chi connectivity index (χ4n) is 2.70. The number of amides is 1. The minimum atomic E-state index is -4.62. The average molecular weight is 417 g/mol. The van der Waals surface area contributed by atoms with Crippen LogP contribution in [0.15, 0.2) is 35.6 Å². The largest absolute Gasteiger partial charge is 0.418 e. The van der Waals surface area contributed by atoms with Gasteiger partial charge in [0.1, 0.15) is 5.82 Å². The molecule has 1 saturated heterocycles. The molecule has 0 atom stereocenters. The number of halogens is 4. The first-order valence-electron chi connectivity index (χ1n) is 8.20. The van der Waals surface area contributed by atoms with E-state index in [1.165, 1.54) is 6.07 Å². The zero-order valence-corrected chi connectivity index (χ0v) is 15.7. The molecule has 0 unspecified atom stereocenters. The van der Waals surface area contributed by atoms with Crippen LogP contribution in [0.1, 0.15) is 18.4 Å². The summed E-state index contributed by atoms with van der Waals surface area (Å²) in [6.07, 6.45) is -0.787. The van der Waals surface area contributed by atoms with Crippen molar-refractivity contribution in [1.29, 1.82) is 0 Å². The van der Waals surface area contributed by atoms with Gasteiger partial charge in [0.25, 0.3) is 0 Å². The maximum atomic E-state index is 13.1. The molecule has 2 heterocycles. The first kappa shape index (κ1) is 19.8. The van der Waals surface area contributed by atoms with E-state index in [1.807, 2.05) is 0 Å². The molecule has 1 N–H and O–H groups in total. The number of alkyl halides is 3. The van der Waals surface area contributed by atoms with E-state index in [1.54, 1.807) is 12.3 Å². The van der Waals surface area contributed by atoms with Gasteiger partial charge in [0.2, 0.25) is 5.91 Å². The van der Waals surface area contributed by atoms with Gasteiger partial charge in [-0.3, -0.25) is 4.79 Å². The molecule has 0 bridgehead atoms. The first-order valence-corrected chi connectivity index (χ1v) is 9.57. The molecule has 1 fully saturated rings. The van der Waals surface area contributed by atoms with Crippen LogP contribution >= 0.6 is 23.4 Å². The second-order valence-corrected chi connectivity index (χ2v) is 7.30. The average Bonchev–Trinajstić information content (AvgIpc) is 3.16. The van der Waals surface area contributed by atoms with E-state index in [-0.39, 0.29) is 16.5 Å². The molecule has 1 aliphatic rings. The molecular formula is C17H16ClF3N4OS. The number of hydrogen-bond acceptors (Lipinski definition) is 5. The van der Waals surface area contributed by atoms with Gasteiger partial charge in [0.15, 0.2) is 5.16 Å². The van der Waals surface area contributed by atoms with Crippen LogP contribution in [-0.4, -0.2) is 34.7 Å². The molecule has 5 nitrogen and oxygen atoms in total. The van der Waals surface area contributed by atoms with Crippen LogP contribution in [-0.2, 0) is 11.0 Å². The lowest BCUT2D eigenvalue weighted by molar-refractivity contribution is -0.137. The third-order valence-corrected chi connectivity index (χ3v) is 5.04. The maximum Gasteiger partial charge on any atom is 0.418 e. The number of hydrogen-bond donors (Lipinski definition) is 1. The van der Waals surface area contributed by atoms with Crippen molar-refractivity contribution in [3.05, 3.63) is 41.0 Å². The molecule has 10 heteroatoms. The molecule has 1 aromatic heterocycles. The van der Waals surface area contributed by atoms with Crippen molar-refractivity contribution < 1.29 is 18.0 Å². The predicted molar refractivity (Wildman–Crippen MR) is 99.3 cm³/mol. The highest BCUT2D eigenvalue weighted by atomic mass is 35.5. The molecular weight excluding hydrogens is 401 g/mol. The van der Waals surface area contributed by atoms with E-state index >= 15 is 0 Å². The molecule has 27 heavy (non-hydrogen) atoms. The highest BCUT2D eigenvalue weighted by Crippen LogP contribution is 2.36. The molecule has 3 rings (SSSR count). The number of benzene rings is 1. The standard InChI is InChI=1S/C17H16ClF3N4OS/c18-11-3-4-13(12(9-11)17(19,20)21)23-15(26)10-27-16-22-6-5-14(24-16)25-7-1-2-8-25/h3-6,9H,1-2,7-8,10H2,(H,23,26). The summed E-state index contributed by atoms with van der Waals surface area (Å²) >= 11 is 6.70. The number of carbonyl (C=O) groups excluding carboxylic acids is 1. The Morgan fingerprint density at radius 2 is 2.00 bits per heavy atom. The first-order chi connectivity index (χ1) is 12.8. The smallest absolute Gasteiger partial charge is 0.356 e. The van der Waals surface area contributed by atoms with Crippen molar-refractivity contribution in [2.45, 2.75) is 24.2 Å². The third-order valence-electron chi connectivity index (χ3n) is 3.94. The van der Waals surface area contributed by atoms with Crippen molar-refractivity contribution >= 4 is 40.8 Å². The van der Waals surface area contributed by atoms with Crippen molar-refractivity contribution in [3.8, 4) is 0 Å². The lowest BCUT2D eigenvalue weighted by Gasteiger charge is -2.16. The molecule has 1 aliphatic heterocycles. The second kappa shape index (κ2) is 8.35. The van der Waals surface area contributed by atoms with Gasteiger partial charge in [-0.1, -0.05) is 23.4 Å². The normalized spacial score (nSPS) is 14.4. The maximum absolute atomic E-state index is 13.1. The summed E-state index contributed by atoms with van der Waals surface area (Å²) in [5.41, 5.74) is -1.31. The lowest BCUT2D eigenvalue weighted by Crippen LogP contribution is -2.20. The predicted octanol–water partition coefficient (Wildman–Crippen LogP) is 4.48. The summed E-state index contributed by atoms with van der Waals surface area (Å²) < 4.78 is 39.2. The van der Waals surface area contributed by atoms with Gasteiger partial charge in [0.05, 0.1) is 17.0 Å². The fraction of sp³-hybridized carbons (Fsp3) is 0.353. The van der Waals surface area contributed by atoms with Crippen molar-refractivity contribution in [2.75, 3.05) is 29.1 Å². The number of aromatic nitrogens is 2. The number of nitrogens with zero attached hydrogens (tertiary/aromatic N) is 3. The molecule has 0 spiro atoms. The van der Waals surface area contributed by atoms with Gasteiger partial charge in [0, 0.05) is 24.3 Å². The van der Waals surface area contributed by atoms with Crippen LogP contribution in [0.3, 0.4) is 0 Å². The van der Waals surface area contributed by atoms with Gasteiger partial charge in [-0.15, -0.1) is 0 Å². The quantitative estimate of drug-likeness (QED) is 0.575. The number of carbonyl (C=O) groups is 1. The Kier molecular flexibility index (Phi) is 6.11. The SMILES string of the molecule is O=C(CSc1nccc(N2CCCC2)n1)Nc1ccc(Cl)cc1C(F)(F)F. The molecule has 2 aromatic rings. The highest BCUT2D eigenvalue weighted by Gasteiger charge is 2.34. The van der Waals surface area contributed by atoms with E-state index in [4.69, 9.17) is 11.6 Å². The van der Waals surface area contributed by atoms with Gasteiger partial charge in [-0.25, -0.2) is 9.97 Å². The van der Waals surface area contributed by atoms with Crippen LogP contribution in [0.2, 0.25) is 5.02 Å². The van der Waals surface area contributed by atoms with Gasteiger partial charge in [-0.2, -0.15) is 13.2 Å². The second-order valence-electron chi connectivity index (χ2n) is 5.92. The Balaban J connectivity index is 1.63. The van der Waals surface area contributed by atoms with Crippen LogP contribution in [0.5, 0.6) is 0 Å². The Morgan fingerprint density at radius 3 is 2.70 bits per heavy atom. The van der Waals surface area contributed by atoms with Crippen LogP contribution in [0, 0.1) is 0 Å².